The fourth-order valence-electron chi connectivity index (χ4n) is 1.74. The second-order valence-corrected chi connectivity index (χ2v) is 4.56. The summed E-state index contributed by atoms with van der Waals surface area (Å²) in [5.41, 5.74) is 1.29. The van der Waals surface area contributed by atoms with Crippen LogP contribution >= 0.6 is 11.6 Å². The van der Waals surface area contributed by atoms with Gasteiger partial charge >= 0.3 is 0 Å². The summed E-state index contributed by atoms with van der Waals surface area (Å²) in [5, 5.41) is 9.62. The molecule has 1 N–H and O–H groups in total. The van der Waals surface area contributed by atoms with Gasteiger partial charge in [0.25, 0.3) is 0 Å². The van der Waals surface area contributed by atoms with E-state index in [1.165, 1.54) is 12.1 Å². The van der Waals surface area contributed by atoms with Crippen molar-refractivity contribution < 1.29 is 19.0 Å². The van der Waals surface area contributed by atoms with Crippen LogP contribution in [0.4, 0.5) is 4.39 Å². The molecule has 0 spiro atoms. The largest absolute Gasteiger partial charge is 0.497 e. The maximum absolute atomic E-state index is 12.9. The third-order valence-electron chi connectivity index (χ3n) is 2.84. The van der Waals surface area contributed by atoms with E-state index in [9.17, 15) is 9.50 Å². The van der Waals surface area contributed by atoms with Crippen LogP contribution in [0.15, 0.2) is 36.4 Å². The maximum atomic E-state index is 12.9. The normalized spacial score (nSPS) is 10.4. The van der Waals surface area contributed by atoms with E-state index < -0.39 is 0 Å². The standard InChI is InChI=1S/C15H14ClFO3/c1-19-13-4-5-15(11(6-13)8-18)20-9-10-2-3-12(17)7-14(10)16/h2-7,18H,8-9H2,1H3. The van der Waals surface area contributed by atoms with Crippen LogP contribution in [0, 0.1) is 5.82 Å². The van der Waals surface area contributed by atoms with Gasteiger partial charge in [-0.15, -0.1) is 0 Å². The smallest absolute Gasteiger partial charge is 0.125 e. The Balaban J connectivity index is 2.14. The van der Waals surface area contributed by atoms with Gasteiger partial charge < -0.3 is 14.6 Å². The molecular formula is C15H14ClFO3. The van der Waals surface area contributed by atoms with Gasteiger partial charge in [0, 0.05) is 11.1 Å². The summed E-state index contributed by atoms with van der Waals surface area (Å²) in [6.07, 6.45) is 0. The Bertz CT molecular complexity index is 602. The summed E-state index contributed by atoms with van der Waals surface area (Å²) < 4.78 is 23.6. The van der Waals surface area contributed by atoms with Gasteiger partial charge in [-0.2, -0.15) is 0 Å². The van der Waals surface area contributed by atoms with Gasteiger partial charge in [-0.25, -0.2) is 4.39 Å². The predicted molar refractivity (Wildman–Crippen MR) is 74.7 cm³/mol. The average Bonchev–Trinajstić information content (AvgIpc) is 2.46. The van der Waals surface area contributed by atoms with E-state index in [2.05, 4.69) is 0 Å². The third kappa shape index (κ3) is 3.40. The topological polar surface area (TPSA) is 38.7 Å². The van der Waals surface area contributed by atoms with Crippen LogP contribution in [0.3, 0.4) is 0 Å². The molecule has 106 valence electrons. The zero-order valence-electron chi connectivity index (χ0n) is 10.9. The van der Waals surface area contributed by atoms with E-state index in [-0.39, 0.29) is 19.0 Å². The molecule has 0 fully saturated rings. The highest BCUT2D eigenvalue weighted by atomic mass is 35.5. The van der Waals surface area contributed by atoms with Gasteiger partial charge in [-0.1, -0.05) is 17.7 Å². The summed E-state index contributed by atoms with van der Waals surface area (Å²) >= 11 is 5.93. The van der Waals surface area contributed by atoms with Gasteiger partial charge in [-0.05, 0) is 30.3 Å². The van der Waals surface area contributed by atoms with Crippen LogP contribution in [0.5, 0.6) is 11.5 Å². The number of ether oxygens (including phenoxy) is 2. The summed E-state index contributed by atoms with van der Waals surface area (Å²) in [5.74, 6) is 0.786. The lowest BCUT2D eigenvalue weighted by atomic mass is 10.2. The minimum absolute atomic E-state index is 0.163. The SMILES string of the molecule is COc1ccc(OCc2ccc(F)cc2Cl)c(CO)c1. The lowest BCUT2D eigenvalue weighted by Gasteiger charge is -2.12. The molecule has 2 aromatic rings. The molecule has 5 heteroatoms. The Kier molecular flexibility index (Phi) is 4.82. The Morgan fingerprint density at radius 3 is 2.60 bits per heavy atom. The number of rotatable bonds is 5. The molecule has 0 heterocycles. The quantitative estimate of drug-likeness (QED) is 0.917. The monoisotopic (exact) mass is 296 g/mol. The van der Waals surface area contributed by atoms with E-state index in [1.807, 2.05) is 0 Å². The van der Waals surface area contributed by atoms with Gasteiger partial charge in [0.15, 0.2) is 0 Å². The molecule has 0 radical (unpaired) electrons. The van der Waals surface area contributed by atoms with Crippen LogP contribution in [-0.4, -0.2) is 12.2 Å². The zero-order chi connectivity index (χ0) is 14.5. The number of methoxy groups -OCH3 is 1. The van der Waals surface area contributed by atoms with E-state index in [4.69, 9.17) is 21.1 Å². The van der Waals surface area contributed by atoms with Gasteiger partial charge in [0.2, 0.25) is 0 Å². The molecule has 0 aliphatic rings. The Labute approximate surface area is 121 Å². The molecule has 0 saturated carbocycles. The van der Waals surface area contributed by atoms with Crippen molar-refractivity contribution in [2.45, 2.75) is 13.2 Å². The molecule has 0 atom stereocenters. The van der Waals surface area contributed by atoms with Crippen LogP contribution < -0.4 is 9.47 Å². The average molecular weight is 297 g/mol. The number of hydrogen-bond acceptors (Lipinski definition) is 3. The van der Waals surface area contributed by atoms with Crippen molar-refractivity contribution in [3.8, 4) is 11.5 Å². The van der Waals surface area contributed by atoms with Crippen LogP contribution in [0.25, 0.3) is 0 Å². The molecule has 2 rings (SSSR count). The van der Waals surface area contributed by atoms with Crippen LogP contribution in [0.1, 0.15) is 11.1 Å². The van der Waals surface area contributed by atoms with E-state index in [1.54, 1.807) is 31.4 Å². The van der Waals surface area contributed by atoms with E-state index in [0.29, 0.717) is 27.6 Å². The first kappa shape index (κ1) is 14.6. The summed E-state index contributed by atoms with van der Waals surface area (Å²) in [7, 11) is 1.55. The fourth-order valence-corrected chi connectivity index (χ4v) is 1.96. The molecule has 0 saturated heterocycles. The second-order valence-electron chi connectivity index (χ2n) is 4.16. The van der Waals surface area contributed by atoms with Crippen molar-refractivity contribution in [2.24, 2.45) is 0 Å². The van der Waals surface area contributed by atoms with Crippen molar-refractivity contribution in [2.75, 3.05) is 7.11 Å². The number of aliphatic hydroxyl groups excluding tert-OH is 1. The Hall–Kier alpha value is -1.78. The molecule has 0 amide bonds. The Morgan fingerprint density at radius 1 is 1.15 bits per heavy atom. The molecule has 0 bridgehead atoms. The van der Waals surface area contributed by atoms with Crippen molar-refractivity contribution in [1.82, 2.24) is 0 Å². The molecule has 0 aliphatic carbocycles. The molecule has 0 unspecified atom stereocenters. The minimum atomic E-state index is -0.390. The fraction of sp³-hybridized carbons (Fsp3) is 0.200. The Morgan fingerprint density at radius 2 is 1.95 bits per heavy atom. The molecule has 0 aliphatic heterocycles. The molecular weight excluding hydrogens is 283 g/mol. The first-order valence-electron chi connectivity index (χ1n) is 5.98. The number of aliphatic hydroxyl groups is 1. The van der Waals surface area contributed by atoms with Gasteiger partial charge in [0.1, 0.15) is 23.9 Å². The van der Waals surface area contributed by atoms with Crippen LogP contribution in [0.2, 0.25) is 5.02 Å². The van der Waals surface area contributed by atoms with Crippen molar-refractivity contribution in [1.29, 1.82) is 0 Å². The molecule has 2 aromatic carbocycles. The van der Waals surface area contributed by atoms with E-state index in [0.717, 1.165) is 0 Å². The summed E-state index contributed by atoms with van der Waals surface area (Å²) in [6.45, 7) is 0.0299. The van der Waals surface area contributed by atoms with E-state index >= 15 is 0 Å². The molecule has 0 aromatic heterocycles. The summed E-state index contributed by atoms with van der Waals surface area (Å²) in [4.78, 5) is 0. The number of benzene rings is 2. The van der Waals surface area contributed by atoms with Crippen molar-refractivity contribution in [3.05, 3.63) is 58.4 Å². The number of halogens is 2. The highest BCUT2D eigenvalue weighted by molar-refractivity contribution is 6.31. The lowest BCUT2D eigenvalue weighted by Crippen LogP contribution is -2.00. The highest BCUT2D eigenvalue weighted by Crippen LogP contribution is 2.26. The molecule has 3 nitrogen and oxygen atoms in total. The predicted octanol–water partition coefficient (Wildman–Crippen LogP) is 3.56. The first-order valence-corrected chi connectivity index (χ1v) is 6.36. The van der Waals surface area contributed by atoms with Crippen molar-refractivity contribution in [3.63, 3.8) is 0 Å². The maximum Gasteiger partial charge on any atom is 0.125 e. The van der Waals surface area contributed by atoms with Gasteiger partial charge in [-0.3, -0.25) is 0 Å². The van der Waals surface area contributed by atoms with Crippen LogP contribution in [-0.2, 0) is 13.2 Å². The van der Waals surface area contributed by atoms with Crippen molar-refractivity contribution >= 4 is 11.6 Å². The highest BCUT2D eigenvalue weighted by Gasteiger charge is 2.07. The number of hydrogen-bond donors (Lipinski definition) is 1. The second kappa shape index (κ2) is 6.59. The summed E-state index contributed by atoms with van der Waals surface area (Å²) in [6, 6.07) is 9.27. The third-order valence-corrected chi connectivity index (χ3v) is 3.19. The molecule has 20 heavy (non-hydrogen) atoms. The first-order chi connectivity index (χ1) is 9.63. The lowest BCUT2D eigenvalue weighted by molar-refractivity contribution is 0.258. The minimum Gasteiger partial charge on any atom is -0.497 e. The van der Waals surface area contributed by atoms with Gasteiger partial charge in [0.05, 0.1) is 18.7 Å². The zero-order valence-corrected chi connectivity index (χ0v) is 11.7.